The lowest BCUT2D eigenvalue weighted by Crippen LogP contribution is -1.99. The smallest absolute Gasteiger partial charge is 0.306 e. The first-order valence-corrected chi connectivity index (χ1v) is 7.08. The van der Waals surface area contributed by atoms with Crippen LogP contribution in [0.2, 0.25) is 0 Å². The van der Waals surface area contributed by atoms with Crippen LogP contribution < -0.4 is 5.69 Å². The van der Waals surface area contributed by atoms with Gasteiger partial charge in [0, 0.05) is 0 Å². The number of imidazole rings is 1. The molecular formula is C15H12BrFN2O. The molecule has 0 radical (unpaired) electrons. The number of nitrogens with one attached hydrogen (secondary N) is 2. The Balaban J connectivity index is 2.09. The molecule has 0 fully saturated rings. The van der Waals surface area contributed by atoms with Gasteiger partial charge in [0.15, 0.2) is 0 Å². The minimum Gasteiger partial charge on any atom is -0.306 e. The number of halogens is 2. The van der Waals surface area contributed by atoms with Crippen LogP contribution in [0.25, 0.3) is 11.0 Å². The van der Waals surface area contributed by atoms with E-state index in [1.165, 1.54) is 12.1 Å². The highest BCUT2D eigenvalue weighted by molar-refractivity contribution is 9.09. The molecule has 3 aromatic rings. The normalized spacial score (nSPS) is 12.8. The number of H-pyrrole nitrogens is 2. The Morgan fingerprint density at radius 2 is 1.85 bits per heavy atom. The van der Waals surface area contributed by atoms with Crippen LogP contribution in [0.15, 0.2) is 41.2 Å². The standard InChI is InChI=1S/C15H12BrFN2O/c1-8-2-4-10(17)7-11(8)14(16)9-3-5-12-13(6-9)19-15(20)18-12/h2-7,14H,1H3,(H2,18,19,20). The molecule has 0 bridgehead atoms. The molecule has 0 saturated carbocycles. The Kier molecular flexibility index (Phi) is 3.22. The zero-order chi connectivity index (χ0) is 14.3. The summed E-state index contributed by atoms with van der Waals surface area (Å²) in [6, 6.07) is 10.4. The Bertz CT molecular complexity index is 837. The van der Waals surface area contributed by atoms with Gasteiger partial charge in [-0.2, -0.15) is 0 Å². The summed E-state index contributed by atoms with van der Waals surface area (Å²) in [5, 5.41) is 0. The van der Waals surface area contributed by atoms with Crippen molar-refractivity contribution < 1.29 is 4.39 Å². The number of aromatic nitrogens is 2. The van der Waals surface area contributed by atoms with Gasteiger partial charge in [-0.05, 0) is 47.9 Å². The number of hydrogen-bond acceptors (Lipinski definition) is 1. The number of aromatic amines is 2. The van der Waals surface area contributed by atoms with Crippen molar-refractivity contribution in [2.45, 2.75) is 11.8 Å². The lowest BCUT2D eigenvalue weighted by atomic mass is 10.00. The van der Waals surface area contributed by atoms with Gasteiger partial charge >= 0.3 is 5.69 Å². The largest absolute Gasteiger partial charge is 0.323 e. The van der Waals surface area contributed by atoms with Crippen molar-refractivity contribution in [3.8, 4) is 0 Å². The lowest BCUT2D eigenvalue weighted by Gasteiger charge is -2.13. The Labute approximate surface area is 123 Å². The Morgan fingerprint density at radius 1 is 1.10 bits per heavy atom. The number of alkyl halides is 1. The third-order valence-electron chi connectivity index (χ3n) is 3.35. The van der Waals surface area contributed by atoms with Crippen molar-refractivity contribution >= 4 is 27.0 Å². The molecule has 0 aliphatic carbocycles. The number of rotatable bonds is 2. The van der Waals surface area contributed by atoms with E-state index in [9.17, 15) is 9.18 Å². The highest BCUT2D eigenvalue weighted by atomic mass is 79.9. The molecule has 3 nitrogen and oxygen atoms in total. The van der Waals surface area contributed by atoms with E-state index < -0.39 is 0 Å². The highest BCUT2D eigenvalue weighted by Crippen LogP contribution is 2.34. The van der Waals surface area contributed by atoms with Gasteiger partial charge in [0.2, 0.25) is 0 Å². The lowest BCUT2D eigenvalue weighted by molar-refractivity contribution is 0.625. The first-order valence-electron chi connectivity index (χ1n) is 6.16. The number of benzene rings is 2. The fourth-order valence-electron chi connectivity index (χ4n) is 2.27. The zero-order valence-electron chi connectivity index (χ0n) is 10.7. The second-order valence-electron chi connectivity index (χ2n) is 4.75. The summed E-state index contributed by atoms with van der Waals surface area (Å²) in [7, 11) is 0. The van der Waals surface area contributed by atoms with Gasteiger partial charge in [-0.25, -0.2) is 9.18 Å². The van der Waals surface area contributed by atoms with Crippen LogP contribution in [0.3, 0.4) is 0 Å². The van der Waals surface area contributed by atoms with Crippen molar-refractivity contribution in [1.29, 1.82) is 0 Å². The molecule has 0 saturated heterocycles. The predicted molar refractivity (Wildman–Crippen MR) is 80.8 cm³/mol. The molecule has 2 N–H and O–H groups in total. The predicted octanol–water partition coefficient (Wildman–Crippen LogP) is 3.79. The first-order chi connectivity index (χ1) is 9.54. The van der Waals surface area contributed by atoms with Gasteiger partial charge in [-0.1, -0.05) is 28.1 Å². The van der Waals surface area contributed by atoms with Gasteiger partial charge in [-0.15, -0.1) is 0 Å². The summed E-state index contributed by atoms with van der Waals surface area (Å²) in [5.74, 6) is -0.258. The van der Waals surface area contributed by atoms with Gasteiger partial charge < -0.3 is 9.97 Å². The molecule has 1 heterocycles. The molecule has 1 unspecified atom stereocenters. The van der Waals surface area contributed by atoms with Crippen molar-refractivity contribution in [2.24, 2.45) is 0 Å². The van der Waals surface area contributed by atoms with Crippen molar-refractivity contribution in [3.63, 3.8) is 0 Å². The molecule has 3 rings (SSSR count). The number of aryl methyl sites for hydroxylation is 1. The van der Waals surface area contributed by atoms with Gasteiger partial charge in [-0.3, -0.25) is 0 Å². The van der Waals surface area contributed by atoms with E-state index in [0.29, 0.717) is 0 Å². The minimum atomic E-state index is -0.258. The Morgan fingerprint density at radius 3 is 2.65 bits per heavy atom. The van der Waals surface area contributed by atoms with E-state index in [0.717, 1.165) is 27.7 Å². The summed E-state index contributed by atoms with van der Waals surface area (Å²) in [6.45, 7) is 1.94. The van der Waals surface area contributed by atoms with E-state index in [2.05, 4.69) is 25.9 Å². The maximum Gasteiger partial charge on any atom is 0.323 e. The molecule has 0 aliphatic heterocycles. The van der Waals surface area contributed by atoms with Crippen LogP contribution in [0.4, 0.5) is 4.39 Å². The first kappa shape index (κ1) is 13.1. The van der Waals surface area contributed by atoms with E-state index in [-0.39, 0.29) is 16.3 Å². The van der Waals surface area contributed by atoms with Crippen molar-refractivity contribution in [1.82, 2.24) is 9.97 Å². The van der Waals surface area contributed by atoms with Gasteiger partial charge in [0.05, 0.1) is 15.9 Å². The second kappa shape index (κ2) is 4.90. The van der Waals surface area contributed by atoms with Gasteiger partial charge in [0.1, 0.15) is 5.82 Å². The van der Waals surface area contributed by atoms with Crippen LogP contribution >= 0.6 is 15.9 Å². The van der Waals surface area contributed by atoms with Crippen LogP contribution in [0.5, 0.6) is 0 Å². The molecule has 0 spiro atoms. The Hall–Kier alpha value is -1.88. The summed E-state index contributed by atoms with van der Waals surface area (Å²) in [6.07, 6.45) is 0. The molecule has 2 aromatic carbocycles. The summed E-state index contributed by atoms with van der Waals surface area (Å²) in [4.78, 5) is 16.6. The van der Waals surface area contributed by atoms with Crippen LogP contribution in [-0.4, -0.2) is 9.97 Å². The SMILES string of the molecule is Cc1ccc(F)cc1C(Br)c1ccc2[nH]c(=O)[nH]c2c1. The molecule has 1 aromatic heterocycles. The highest BCUT2D eigenvalue weighted by Gasteiger charge is 2.14. The maximum atomic E-state index is 13.4. The second-order valence-corrected chi connectivity index (χ2v) is 5.66. The maximum absolute atomic E-state index is 13.4. The zero-order valence-corrected chi connectivity index (χ0v) is 12.3. The average molecular weight is 335 g/mol. The number of hydrogen-bond donors (Lipinski definition) is 2. The topological polar surface area (TPSA) is 48.6 Å². The summed E-state index contributed by atoms with van der Waals surface area (Å²) < 4.78 is 13.4. The monoisotopic (exact) mass is 334 g/mol. The molecule has 1 atom stereocenters. The van der Waals surface area contributed by atoms with Crippen LogP contribution in [-0.2, 0) is 0 Å². The minimum absolute atomic E-state index is 0.124. The molecule has 102 valence electrons. The average Bonchev–Trinajstić information content (AvgIpc) is 2.79. The van der Waals surface area contributed by atoms with E-state index in [4.69, 9.17) is 0 Å². The van der Waals surface area contributed by atoms with E-state index in [1.807, 2.05) is 25.1 Å². The van der Waals surface area contributed by atoms with E-state index >= 15 is 0 Å². The number of fused-ring (bicyclic) bond motifs is 1. The fourth-order valence-corrected chi connectivity index (χ4v) is 3.05. The molecular weight excluding hydrogens is 323 g/mol. The summed E-state index contributed by atoms with van der Waals surface area (Å²) >= 11 is 3.60. The van der Waals surface area contributed by atoms with E-state index in [1.54, 1.807) is 6.07 Å². The van der Waals surface area contributed by atoms with Crippen molar-refractivity contribution in [3.05, 3.63) is 69.4 Å². The molecule has 5 heteroatoms. The molecule has 0 amide bonds. The fraction of sp³-hybridized carbons (Fsp3) is 0.133. The third kappa shape index (κ3) is 2.29. The summed E-state index contributed by atoms with van der Waals surface area (Å²) in [5.41, 5.74) is 4.12. The molecule has 0 aliphatic rings. The van der Waals surface area contributed by atoms with Crippen LogP contribution in [0, 0.1) is 12.7 Å². The quantitative estimate of drug-likeness (QED) is 0.688. The molecule has 20 heavy (non-hydrogen) atoms. The van der Waals surface area contributed by atoms with Crippen molar-refractivity contribution in [2.75, 3.05) is 0 Å². The van der Waals surface area contributed by atoms with Crippen LogP contribution in [0.1, 0.15) is 21.5 Å². The third-order valence-corrected chi connectivity index (χ3v) is 4.37. The van der Waals surface area contributed by atoms with Gasteiger partial charge in [0.25, 0.3) is 0 Å².